The molecule has 0 spiro atoms. The molecule has 1 saturated heterocycles. The number of hydrogen-bond donors (Lipinski definition) is 0. The molecule has 2 heterocycles. The Morgan fingerprint density at radius 3 is 2.04 bits per heavy atom. The summed E-state index contributed by atoms with van der Waals surface area (Å²) in [4.78, 5) is 14.1. The molecule has 0 atom stereocenters. The molecule has 1 fully saturated rings. The summed E-state index contributed by atoms with van der Waals surface area (Å²) in [6.07, 6.45) is -8.24. The molecule has 0 saturated carbocycles. The van der Waals surface area contributed by atoms with Gasteiger partial charge in [0.05, 0.1) is 11.6 Å². The zero-order valence-corrected chi connectivity index (χ0v) is 14.9. The van der Waals surface area contributed by atoms with E-state index in [4.69, 9.17) is 0 Å². The Balaban J connectivity index is 1.63. The molecule has 1 aliphatic rings. The van der Waals surface area contributed by atoms with Gasteiger partial charge in [-0.05, 0) is 30.5 Å². The molecule has 1 aromatic carbocycles. The first kappa shape index (κ1) is 20.4. The summed E-state index contributed by atoms with van der Waals surface area (Å²) >= 11 is 0. The summed E-state index contributed by atoms with van der Waals surface area (Å²) in [6, 6.07) is 4.42. The van der Waals surface area contributed by atoms with E-state index in [0.717, 1.165) is 23.9 Å². The molecular formula is C17H18F6N4O. The SMILES string of the molecule is Cn1c(C(F)(F)F)nn(C2CCN(Cc3ccc(C(F)(F)F)cc3)CC2)c1=O. The Labute approximate surface area is 156 Å². The first-order valence-electron chi connectivity index (χ1n) is 8.58. The van der Waals surface area contributed by atoms with Gasteiger partial charge in [0.25, 0.3) is 0 Å². The third-order valence-corrected chi connectivity index (χ3v) is 4.85. The molecule has 11 heteroatoms. The molecule has 5 nitrogen and oxygen atoms in total. The van der Waals surface area contributed by atoms with Crippen LogP contribution in [-0.2, 0) is 25.9 Å². The molecule has 2 aromatic rings. The lowest BCUT2D eigenvalue weighted by Crippen LogP contribution is -2.37. The van der Waals surface area contributed by atoms with Gasteiger partial charge in [-0.3, -0.25) is 9.47 Å². The van der Waals surface area contributed by atoms with Gasteiger partial charge in [0.2, 0.25) is 5.82 Å². The van der Waals surface area contributed by atoms with Gasteiger partial charge < -0.3 is 0 Å². The monoisotopic (exact) mass is 408 g/mol. The van der Waals surface area contributed by atoms with E-state index in [-0.39, 0.29) is 0 Å². The second kappa shape index (κ2) is 7.26. The lowest BCUT2D eigenvalue weighted by Gasteiger charge is -2.31. The highest BCUT2D eigenvalue weighted by Gasteiger charge is 2.39. The number of nitrogens with zero attached hydrogens (tertiary/aromatic N) is 4. The van der Waals surface area contributed by atoms with Gasteiger partial charge in [0.1, 0.15) is 0 Å². The van der Waals surface area contributed by atoms with Crippen LogP contribution in [-0.4, -0.2) is 32.3 Å². The fourth-order valence-corrected chi connectivity index (χ4v) is 3.32. The predicted molar refractivity (Wildman–Crippen MR) is 87.5 cm³/mol. The molecule has 0 bridgehead atoms. The van der Waals surface area contributed by atoms with Gasteiger partial charge >= 0.3 is 18.0 Å². The number of aromatic nitrogens is 3. The van der Waals surface area contributed by atoms with E-state index in [1.165, 1.54) is 12.1 Å². The van der Waals surface area contributed by atoms with Crippen LogP contribution in [0.1, 0.15) is 35.8 Å². The minimum atomic E-state index is -4.71. The van der Waals surface area contributed by atoms with Crippen molar-refractivity contribution < 1.29 is 26.3 Å². The topological polar surface area (TPSA) is 43.1 Å². The minimum absolute atomic E-state index is 0.425. The molecule has 154 valence electrons. The highest BCUT2D eigenvalue weighted by molar-refractivity contribution is 5.24. The first-order valence-corrected chi connectivity index (χ1v) is 8.58. The number of hydrogen-bond acceptors (Lipinski definition) is 3. The van der Waals surface area contributed by atoms with Crippen molar-refractivity contribution in [1.29, 1.82) is 0 Å². The molecule has 1 aliphatic heterocycles. The average molecular weight is 408 g/mol. The van der Waals surface area contributed by atoms with E-state index >= 15 is 0 Å². The van der Waals surface area contributed by atoms with Crippen molar-refractivity contribution in [2.24, 2.45) is 7.05 Å². The van der Waals surface area contributed by atoms with Gasteiger partial charge in [-0.25, -0.2) is 9.48 Å². The van der Waals surface area contributed by atoms with Crippen molar-refractivity contribution >= 4 is 0 Å². The molecular weight excluding hydrogens is 390 g/mol. The van der Waals surface area contributed by atoms with E-state index in [9.17, 15) is 31.1 Å². The molecule has 0 N–H and O–H groups in total. The summed E-state index contributed by atoms with van der Waals surface area (Å²) in [5.74, 6) is -1.23. The van der Waals surface area contributed by atoms with Crippen molar-refractivity contribution in [2.45, 2.75) is 37.8 Å². The molecule has 0 unspecified atom stereocenters. The molecule has 0 amide bonds. The fraction of sp³-hybridized carbons (Fsp3) is 0.529. The van der Waals surface area contributed by atoms with Crippen LogP contribution in [0, 0.1) is 0 Å². The van der Waals surface area contributed by atoms with Gasteiger partial charge in [-0.2, -0.15) is 26.3 Å². The maximum absolute atomic E-state index is 12.9. The Bertz CT molecular complexity index is 873. The van der Waals surface area contributed by atoms with Crippen molar-refractivity contribution in [2.75, 3.05) is 13.1 Å². The number of benzene rings is 1. The van der Waals surface area contributed by atoms with Gasteiger partial charge in [0, 0.05) is 26.7 Å². The number of rotatable bonds is 3. The predicted octanol–water partition coefficient (Wildman–Crippen LogP) is 3.46. The lowest BCUT2D eigenvalue weighted by molar-refractivity contribution is -0.147. The number of piperidine rings is 1. The summed E-state index contributed by atoms with van der Waals surface area (Å²) in [6.45, 7) is 1.42. The molecule has 1 aromatic heterocycles. The van der Waals surface area contributed by atoms with Crippen LogP contribution in [0.2, 0.25) is 0 Å². The molecule has 3 rings (SSSR count). The van der Waals surface area contributed by atoms with Crippen molar-refractivity contribution in [1.82, 2.24) is 19.2 Å². The normalized spacial score (nSPS) is 17.2. The quantitative estimate of drug-likeness (QED) is 0.731. The Hall–Kier alpha value is -2.30. The highest BCUT2D eigenvalue weighted by Crippen LogP contribution is 2.30. The van der Waals surface area contributed by atoms with Gasteiger partial charge in [-0.1, -0.05) is 12.1 Å². The van der Waals surface area contributed by atoms with Gasteiger partial charge in [0.15, 0.2) is 0 Å². The molecule has 0 aliphatic carbocycles. The van der Waals surface area contributed by atoms with Crippen LogP contribution in [0.3, 0.4) is 0 Å². The first-order chi connectivity index (χ1) is 13.0. The highest BCUT2D eigenvalue weighted by atomic mass is 19.4. The largest absolute Gasteiger partial charge is 0.451 e. The van der Waals surface area contributed by atoms with E-state index in [1.807, 2.05) is 4.90 Å². The summed E-state index contributed by atoms with van der Waals surface area (Å²) in [5, 5.41) is 3.46. The number of alkyl halides is 6. The van der Waals surface area contributed by atoms with Crippen LogP contribution in [0.5, 0.6) is 0 Å². The second-order valence-electron chi connectivity index (χ2n) is 6.81. The fourth-order valence-electron chi connectivity index (χ4n) is 3.32. The third-order valence-electron chi connectivity index (χ3n) is 4.85. The summed E-state index contributed by atoms with van der Waals surface area (Å²) in [5.41, 5.74) is -0.820. The summed E-state index contributed by atoms with van der Waals surface area (Å²) in [7, 11) is 1.04. The number of likely N-dealkylation sites (tertiary alicyclic amines) is 1. The lowest BCUT2D eigenvalue weighted by atomic mass is 10.0. The van der Waals surface area contributed by atoms with E-state index in [0.29, 0.717) is 42.6 Å². The van der Waals surface area contributed by atoms with Crippen LogP contribution in [0.25, 0.3) is 0 Å². The van der Waals surface area contributed by atoms with Crippen LogP contribution >= 0.6 is 0 Å². The standard InChI is InChI=1S/C17H18F6N4O/c1-25-14(17(21,22)23)24-27(15(25)28)13-6-8-26(9-7-13)10-11-2-4-12(5-3-11)16(18,19)20/h2-5,13H,6-10H2,1H3. The maximum atomic E-state index is 12.9. The van der Waals surface area contributed by atoms with Crippen molar-refractivity contribution in [3.63, 3.8) is 0 Å². The average Bonchev–Trinajstić information content (AvgIpc) is 2.91. The summed E-state index contributed by atoms with van der Waals surface area (Å²) < 4.78 is 77.9. The van der Waals surface area contributed by atoms with Crippen LogP contribution in [0.4, 0.5) is 26.3 Å². The zero-order valence-electron chi connectivity index (χ0n) is 14.9. The van der Waals surface area contributed by atoms with E-state index in [2.05, 4.69) is 5.10 Å². The van der Waals surface area contributed by atoms with Crippen LogP contribution < -0.4 is 5.69 Å². The maximum Gasteiger partial charge on any atom is 0.451 e. The van der Waals surface area contributed by atoms with Crippen LogP contribution in [0.15, 0.2) is 29.1 Å². The minimum Gasteiger partial charge on any atom is -0.299 e. The number of halogens is 6. The Morgan fingerprint density at radius 1 is 1.00 bits per heavy atom. The second-order valence-corrected chi connectivity index (χ2v) is 6.81. The Kier molecular flexibility index (Phi) is 5.30. The zero-order chi connectivity index (χ0) is 20.7. The van der Waals surface area contributed by atoms with Crippen molar-refractivity contribution in [3.05, 3.63) is 51.7 Å². The third kappa shape index (κ3) is 4.23. The van der Waals surface area contributed by atoms with Gasteiger partial charge in [-0.15, -0.1) is 5.10 Å². The van der Waals surface area contributed by atoms with Crippen molar-refractivity contribution in [3.8, 4) is 0 Å². The van der Waals surface area contributed by atoms with E-state index < -0.39 is 35.5 Å². The Morgan fingerprint density at radius 2 is 1.57 bits per heavy atom. The molecule has 28 heavy (non-hydrogen) atoms. The molecule has 0 radical (unpaired) electrons. The van der Waals surface area contributed by atoms with E-state index in [1.54, 1.807) is 0 Å². The smallest absolute Gasteiger partial charge is 0.299 e.